The van der Waals surface area contributed by atoms with Gasteiger partial charge in [0, 0.05) is 67.8 Å². The highest BCUT2D eigenvalue weighted by Gasteiger charge is 2.43. The van der Waals surface area contributed by atoms with Crippen LogP contribution in [-0.2, 0) is 18.3 Å². The number of amides is 2. The third-order valence-electron chi connectivity index (χ3n) is 9.66. The Balaban J connectivity index is 1.02. The largest absolute Gasteiger partial charge is 0.378 e. The fraction of sp³-hybridized carbons (Fsp3) is 0.429. The first kappa shape index (κ1) is 30.6. The molecule has 4 heterocycles. The SMILES string of the molecule is Cn1cc(-c2ccc(N(C(=O)NCc3ccccc3)C3CCC(Nc4ncc(C#N)c(NC5CC6OCCCC56)n4)CC3)nc2)cn1. The number of rotatable bonds is 9. The lowest BCUT2D eigenvalue weighted by molar-refractivity contribution is -0.0898. The molecule has 0 bridgehead atoms. The van der Waals surface area contributed by atoms with Gasteiger partial charge >= 0.3 is 6.03 Å². The summed E-state index contributed by atoms with van der Waals surface area (Å²) in [5.41, 5.74) is 3.40. The van der Waals surface area contributed by atoms with Gasteiger partial charge in [-0.05, 0) is 62.6 Å². The summed E-state index contributed by atoms with van der Waals surface area (Å²) in [5.74, 6) is 2.17. The topological polar surface area (TPSA) is 146 Å². The summed E-state index contributed by atoms with van der Waals surface area (Å²) in [7, 11) is 1.88. The molecule has 4 aromatic rings. The zero-order chi connectivity index (χ0) is 32.2. The van der Waals surface area contributed by atoms with Gasteiger partial charge in [0.25, 0.3) is 0 Å². The summed E-state index contributed by atoms with van der Waals surface area (Å²) in [6.07, 6.45) is 13.8. The van der Waals surface area contributed by atoms with E-state index < -0.39 is 0 Å². The Morgan fingerprint density at radius 2 is 1.87 bits per heavy atom. The van der Waals surface area contributed by atoms with Crippen LogP contribution in [0.4, 0.5) is 22.4 Å². The van der Waals surface area contributed by atoms with Gasteiger partial charge in [-0.1, -0.05) is 30.3 Å². The Morgan fingerprint density at radius 1 is 1.02 bits per heavy atom. The van der Waals surface area contributed by atoms with Gasteiger partial charge < -0.3 is 20.7 Å². The Labute approximate surface area is 274 Å². The smallest absolute Gasteiger partial charge is 0.323 e. The highest BCUT2D eigenvalue weighted by molar-refractivity contribution is 5.91. The molecule has 3 atom stereocenters. The molecule has 3 aromatic heterocycles. The number of pyridine rings is 1. The van der Waals surface area contributed by atoms with E-state index in [-0.39, 0.29) is 24.2 Å². The molecule has 3 fully saturated rings. The van der Waals surface area contributed by atoms with Crippen LogP contribution in [0.2, 0.25) is 0 Å². The molecule has 1 saturated heterocycles. The molecule has 3 unspecified atom stereocenters. The third-order valence-corrected chi connectivity index (χ3v) is 9.66. The third kappa shape index (κ3) is 6.90. The van der Waals surface area contributed by atoms with Crippen molar-refractivity contribution in [2.45, 2.75) is 75.7 Å². The zero-order valence-electron chi connectivity index (χ0n) is 26.5. The van der Waals surface area contributed by atoms with E-state index in [1.54, 1.807) is 23.3 Å². The first-order valence-corrected chi connectivity index (χ1v) is 16.5. The second kappa shape index (κ2) is 13.8. The Hall–Kier alpha value is -5.02. The second-order valence-electron chi connectivity index (χ2n) is 12.7. The minimum Gasteiger partial charge on any atom is -0.378 e. The summed E-state index contributed by atoms with van der Waals surface area (Å²) in [6.45, 7) is 1.27. The number of ether oxygens (including phenoxy) is 1. The van der Waals surface area contributed by atoms with Crippen molar-refractivity contribution < 1.29 is 9.53 Å². The molecule has 1 aromatic carbocycles. The molecular weight excluding hydrogens is 592 g/mol. The van der Waals surface area contributed by atoms with Crippen LogP contribution in [0.5, 0.6) is 0 Å². The molecule has 12 nitrogen and oxygen atoms in total. The average molecular weight is 633 g/mol. The van der Waals surface area contributed by atoms with Gasteiger partial charge in [-0.15, -0.1) is 0 Å². The number of fused-ring (bicyclic) bond motifs is 1. The number of carbonyl (C=O) groups excluding carboxylic acids is 1. The van der Waals surface area contributed by atoms with Gasteiger partial charge in [-0.3, -0.25) is 9.58 Å². The Bertz CT molecular complexity index is 1710. The molecular formula is C35H40N10O2. The number of hydrogen-bond acceptors (Lipinski definition) is 9. The first-order chi connectivity index (χ1) is 23.0. The fourth-order valence-corrected chi connectivity index (χ4v) is 7.03. The fourth-order valence-electron chi connectivity index (χ4n) is 7.03. The van der Waals surface area contributed by atoms with E-state index in [9.17, 15) is 10.1 Å². The number of aryl methyl sites for hydroxylation is 1. The summed E-state index contributed by atoms with van der Waals surface area (Å²) in [6, 6.07) is 16.3. The zero-order valence-corrected chi connectivity index (χ0v) is 26.5. The minimum absolute atomic E-state index is 0.0241. The normalized spacial score (nSPS) is 23.4. The predicted molar refractivity (Wildman–Crippen MR) is 179 cm³/mol. The highest BCUT2D eigenvalue weighted by atomic mass is 16.5. The first-order valence-electron chi connectivity index (χ1n) is 16.5. The summed E-state index contributed by atoms with van der Waals surface area (Å²) < 4.78 is 7.63. The van der Waals surface area contributed by atoms with Crippen molar-refractivity contribution in [1.29, 1.82) is 5.26 Å². The van der Waals surface area contributed by atoms with Gasteiger partial charge in [0.05, 0.1) is 18.5 Å². The van der Waals surface area contributed by atoms with Gasteiger partial charge in [0.2, 0.25) is 5.95 Å². The monoisotopic (exact) mass is 632 g/mol. The second-order valence-corrected chi connectivity index (χ2v) is 12.7. The number of nitriles is 1. The molecule has 242 valence electrons. The van der Waals surface area contributed by atoms with E-state index in [2.05, 4.69) is 32.1 Å². The number of aromatic nitrogens is 5. The van der Waals surface area contributed by atoms with Crippen molar-refractivity contribution in [2.24, 2.45) is 13.0 Å². The van der Waals surface area contributed by atoms with Crippen LogP contribution in [0.3, 0.4) is 0 Å². The number of nitrogens with zero attached hydrogens (tertiary/aromatic N) is 7. The highest BCUT2D eigenvalue weighted by Crippen LogP contribution is 2.39. The van der Waals surface area contributed by atoms with E-state index in [1.165, 1.54) is 0 Å². The molecule has 0 radical (unpaired) electrons. The van der Waals surface area contributed by atoms with Crippen LogP contribution in [-0.4, -0.2) is 61.6 Å². The Kier molecular flexibility index (Phi) is 8.97. The molecule has 2 amide bonds. The van der Waals surface area contributed by atoms with E-state index in [0.29, 0.717) is 41.7 Å². The molecule has 2 saturated carbocycles. The van der Waals surface area contributed by atoms with Gasteiger partial charge in [-0.25, -0.2) is 14.8 Å². The van der Waals surface area contributed by atoms with Crippen molar-refractivity contribution in [1.82, 2.24) is 30.0 Å². The van der Waals surface area contributed by atoms with Crippen molar-refractivity contribution >= 4 is 23.6 Å². The van der Waals surface area contributed by atoms with Crippen LogP contribution in [0, 0.1) is 17.2 Å². The van der Waals surface area contributed by atoms with Gasteiger partial charge in [0.1, 0.15) is 23.3 Å². The number of hydrogen-bond donors (Lipinski definition) is 3. The number of benzene rings is 1. The minimum atomic E-state index is -0.167. The van der Waals surface area contributed by atoms with Gasteiger partial charge in [-0.2, -0.15) is 15.3 Å². The summed E-state index contributed by atoms with van der Waals surface area (Å²) in [5, 5.41) is 24.1. The molecule has 1 aliphatic heterocycles. The number of nitrogens with one attached hydrogen (secondary N) is 3. The van der Waals surface area contributed by atoms with Gasteiger partial charge in [0.15, 0.2) is 0 Å². The van der Waals surface area contributed by atoms with Crippen molar-refractivity contribution in [3.05, 3.63) is 78.4 Å². The quantitative estimate of drug-likeness (QED) is 0.225. The van der Waals surface area contributed by atoms with E-state index in [4.69, 9.17) is 14.7 Å². The van der Waals surface area contributed by atoms with Crippen molar-refractivity contribution in [2.75, 3.05) is 22.1 Å². The van der Waals surface area contributed by atoms with Crippen molar-refractivity contribution in [3.8, 4) is 17.2 Å². The molecule has 0 spiro atoms. The van der Waals surface area contributed by atoms with Crippen LogP contribution < -0.4 is 20.9 Å². The molecule has 7 rings (SSSR count). The molecule has 47 heavy (non-hydrogen) atoms. The van der Waals surface area contributed by atoms with E-state index >= 15 is 0 Å². The maximum Gasteiger partial charge on any atom is 0.323 e. The maximum absolute atomic E-state index is 13.7. The number of anilines is 3. The lowest BCUT2D eigenvalue weighted by Gasteiger charge is -2.47. The van der Waals surface area contributed by atoms with Crippen LogP contribution in [0.1, 0.15) is 56.1 Å². The Morgan fingerprint density at radius 3 is 2.60 bits per heavy atom. The summed E-state index contributed by atoms with van der Waals surface area (Å²) >= 11 is 0. The predicted octanol–water partition coefficient (Wildman–Crippen LogP) is 5.26. The summed E-state index contributed by atoms with van der Waals surface area (Å²) in [4.78, 5) is 29.5. The van der Waals surface area contributed by atoms with Crippen LogP contribution in [0.15, 0.2) is 67.3 Å². The lowest BCUT2D eigenvalue weighted by Crippen LogP contribution is -2.53. The standard InChI is InChI=1S/C35H40N10O2/c1-44-22-26(21-40-44)24-9-14-32(37-19-24)45(35(46)39-18-23-6-3-2-4-7-23)28-12-10-27(11-13-28)41-34-38-20-25(17-36)33(43-34)42-30-16-31-29(30)8-5-15-47-31/h2-4,6-7,9,14,19-22,27-31H,5,8,10-13,15-16,18H2,1H3,(H,39,46)(H2,38,41,42,43). The number of urea groups is 1. The van der Waals surface area contributed by atoms with Crippen molar-refractivity contribution in [3.63, 3.8) is 0 Å². The molecule has 12 heteroatoms. The lowest BCUT2D eigenvalue weighted by atomic mass is 9.72. The van der Waals surface area contributed by atoms with E-state index in [1.807, 2.05) is 60.6 Å². The average Bonchev–Trinajstić information content (AvgIpc) is 3.54. The van der Waals surface area contributed by atoms with Crippen LogP contribution in [0.25, 0.3) is 11.1 Å². The maximum atomic E-state index is 13.7. The molecule has 3 N–H and O–H groups in total. The molecule has 2 aliphatic carbocycles. The number of carbonyl (C=O) groups is 1. The van der Waals surface area contributed by atoms with E-state index in [0.717, 1.165) is 68.2 Å². The van der Waals surface area contributed by atoms with Crippen LogP contribution >= 0.6 is 0 Å². The molecule has 3 aliphatic rings.